The summed E-state index contributed by atoms with van der Waals surface area (Å²) in [5.74, 6) is -3.57. The highest BCUT2D eigenvalue weighted by atomic mass is 19.3. The van der Waals surface area contributed by atoms with Gasteiger partial charge >= 0.3 is 5.69 Å². The van der Waals surface area contributed by atoms with Crippen molar-refractivity contribution < 1.29 is 27.6 Å². The molecule has 4 fully saturated rings. The summed E-state index contributed by atoms with van der Waals surface area (Å²) in [6.07, 6.45) is 3.96. The number of imidazole rings is 2. The number of likely N-dealkylation sites (tertiary alicyclic amines) is 1. The standard InChI is InChI=1S/C47H50F3N13O4/c1-51-34-22-41(56-63-39(24-53-43(34)63)45(66)54-33-21-31(33)48)61-15-12-30-29(4-3-5-35(30)61)32-8-6-27(23-52-32)25-58-14-13-40(47(49,50)26-58)60-18-16-59(17-19-60)28-7-9-36-38(20-28)57(2)46(67)62(36)37-10-11-42(64)55-44(37)65/h3-9,20,22-24,31,33,37,40,51H,10-19,21,25-26H2,1-2H3,(H,54,66)(H,55,64,65)/t31-,33+,37?,40-/m0/s1. The summed E-state index contributed by atoms with van der Waals surface area (Å²) in [6, 6.07) is 15.3. The molecule has 3 saturated heterocycles. The third-order valence-corrected chi connectivity index (χ3v) is 14.2. The van der Waals surface area contributed by atoms with E-state index in [9.17, 15) is 23.6 Å². The second-order valence-corrected chi connectivity index (χ2v) is 18.3. The Kier molecular flexibility index (Phi) is 10.6. The summed E-state index contributed by atoms with van der Waals surface area (Å²) >= 11 is 0. The van der Waals surface area contributed by atoms with E-state index < -0.39 is 42.0 Å². The minimum absolute atomic E-state index is 0.161. The number of hydrogen-bond donors (Lipinski definition) is 3. The van der Waals surface area contributed by atoms with Crippen LogP contribution in [0, 0.1) is 0 Å². The number of fused-ring (bicyclic) bond motifs is 3. The second-order valence-electron chi connectivity index (χ2n) is 18.3. The molecule has 67 heavy (non-hydrogen) atoms. The van der Waals surface area contributed by atoms with E-state index in [0.717, 1.165) is 40.2 Å². The van der Waals surface area contributed by atoms with Gasteiger partial charge in [-0.15, -0.1) is 5.10 Å². The summed E-state index contributed by atoms with van der Waals surface area (Å²) in [7, 11) is 3.44. The van der Waals surface area contributed by atoms with Gasteiger partial charge in [0.1, 0.15) is 12.2 Å². The molecule has 1 saturated carbocycles. The van der Waals surface area contributed by atoms with Gasteiger partial charge in [-0.3, -0.25) is 43.6 Å². The third-order valence-electron chi connectivity index (χ3n) is 14.2. The maximum absolute atomic E-state index is 16.0. The maximum atomic E-state index is 16.0. The number of aromatic nitrogens is 6. The molecule has 5 aliphatic rings. The van der Waals surface area contributed by atoms with Crippen molar-refractivity contribution in [1.29, 1.82) is 0 Å². The molecule has 4 atom stereocenters. The zero-order valence-electron chi connectivity index (χ0n) is 37.1. The first-order valence-corrected chi connectivity index (χ1v) is 22.8. The number of piperazine rings is 1. The number of halogens is 3. The van der Waals surface area contributed by atoms with Crippen LogP contribution in [0.2, 0.25) is 0 Å². The lowest BCUT2D eigenvalue weighted by Crippen LogP contribution is -2.61. The lowest BCUT2D eigenvalue weighted by Gasteiger charge is -2.46. The molecule has 1 aliphatic carbocycles. The van der Waals surface area contributed by atoms with Gasteiger partial charge < -0.3 is 20.4 Å². The van der Waals surface area contributed by atoms with E-state index in [1.165, 1.54) is 19.8 Å². The predicted octanol–water partition coefficient (Wildman–Crippen LogP) is 4.03. The van der Waals surface area contributed by atoms with Crippen molar-refractivity contribution >= 4 is 57.3 Å². The Morgan fingerprint density at radius 1 is 0.925 bits per heavy atom. The molecule has 0 bridgehead atoms. The third kappa shape index (κ3) is 7.64. The first-order chi connectivity index (χ1) is 32.3. The number of hydrogen-bond acceptors (Lipinski definition) is 12. The van der Waals surface area contributed by atoms with E-state index in [-0.39, 0.29) is 36.7 Å². The number of imide groups is 1. The Hall–Kier alpha value is -6.80. The lowest BCUT2D eigenvalue weighted by molar-refractivity contribution is -0.135. The highest BCUT2D eigenvalue weighted by Gasteiger charge is 2.48. The Balaban J connectivity index is 0.724. The van der Waals surface area contributed by atoms with E-state index in [0.29, 0.717) is 86.8 Å². The number of carbonyl (C=O) groups is 3. The molecule has 4 aliphatic heterocycles. The van der Waals surface area contributed by atoms with Crippen LogP contribution in [0.3, 0.4) is 0 Å². The molecule has 8 heterocycles. The average molecular weight is 918 g/mol. The molecular weight excluding hydrogens is 868 g/mol. The van der Waals surface area contributed by atoms with Gasteiger partial charge in [0, 0.05) is 102 Å². The van der Waals surface area contributed by atoms with Gasteiger partial charge in [0.25, 0.3) is 11.8 Å². The Morgan fingerprint density at radius 3 is 2.48 bits per heavy atom. The highest BCUT2D eigenvalue weighted by molar-refractivity contribution is 6.00. The first kappa shape index (κ1) is 42.8. The fraction of sp³-hybridized carbons (Fsp3) is 0.426. The van der Waals surface area contributed by atoms with Crippen LogP contribution in [0.15, 0.2) is 71.8 Å². The van der Waals surface area contributed by atoms with Gasteiger partial charge in [0.2, 0.25) is 11.8 Å². The molecule has 20 heteroatoms. The molecule has 11 rings (SSSR count). The zero-order valence-corrected chi connectivity index (χ0v) is 37.1. The van der Waals surface area contributed by atoms with Gasteiger partial charge in [-0.25, -0.2) is 27.5 Å². The number of pyridine rings is 1. The molecular formula is C47H50F3N13O4. The molecule has 0 spiro atoms. The van der Waals surface area contributed by atoms with Crippen LogP contribution in [0.1, 0.15) is 53.3 Å². The van der Waals surface area contributed by atoms with E-state index in [2.05, 4.69) is 30.7 Å². The molecule has 0 radical (unpaired) electrons. The fourth-order valence-electron chi connectivity index (χ4n) is 10.5. The van der Waals surface area contributed by atoms with Crippen molar-refractivity contribution in [2.24, 2.45) is 7.05 Å². The van der Waals surface area contributed by atoms with Gasteiger partial charge in [-0.1, -0.05) is 18.2 Å². The monoisotopic (exact) mass is 917 g/mol. The number of amides is 3. The number of anilines is 4. The molecule has 6 aromatic rings. The number of nitrogens with zero attached hydrogens (tertiary/aromatic N) is 10. The molecule has 3 N–H and O–H groups in total. The molecule has 17 nitrogen and oxygen atoms in total. The average Bonchev–Trinajstić information content (AvgIpc) is 3.60. The number of alkyl halides is 3. The van der Waals surface area contributed by atoms with Crippen LogP contribution in [-0.4, -0.2) is 133 Å². The van der Waals surface area contributed by atoms with Gasteiger partial charge in [0.05, 0.1) is 47.2 Å². The number of benzene rings is 2. The van der Waals surface area contributed by atoms with Gasteiger partial charge in [-0.05, 0) is 60.7 Å². The highest BCUT2D eigenvalue weighted by Crippen LogP contribution is 2.40. The number of nitrogens with one attached hydrogen (secondary N) is 3. The zero-order chi connectivity index (χ0) is 46.3. The van der Waals surface area contributed by atoms with Crippen LogP contribution in [0.4, 0.5) is 36.1 Å². The maximum Gasteiger partial charge on any atom is 0.329 e. The number of carbonyl (C=O) groups excluding carboxylic acids is 3. The number of rotatable bonds is 10. The minimum atomic E-state index is -2.92. The molecule has 2 aromatic carbocycles. The van der Waals surface area contributed by atoms with Crippen LogP contribution >= 0.6 is 0 Å². The van der Waals surface area contributed by atoms with E-state index in [1.54, 1.807) is 20.3 Å². The van der Waals surface area contributed by atoms with Crippen LogP contribution in [0.5, 0.6) is 0 Å². The number of aryl methyl sites for hydroxylation is 1. The Morgan fingerprint density at radius 2 is 1.75 bits per heavy atom. The SMILES string of the molecule is CNc1cc(N2CCc3c(-c4ccc(CN5CC[C@H](N6CCN(c7ccc8c(c7)n(C)c(=O)n8C7CCC(=O)NC7=O)CC6)C(F)(F)C5)cn4)cccc32)nn2c(C(=O)N[C@@H]3C[C@@H]3F)cnc12. The van der Waals surface area contributed by atoms with E-state index in [1.807, 2.05) is 64.4 Å². The van der Waals surface area contributed by atoms with Gasteiger partial charge in [-0.2, -0.15) is 0 Å². The van der Waals surface area contributed by atoms with Crippen molar-refractivity contribution in [3.63, 3.8) is 0 Å². The predicted molar refractivity (Wildman–Crippen MR) is 245 cm³/mol. The summed E-state index contributed by atoms with van der Waals surface area (Å²) in [6.45, 7) is 3.20. The topological polar surface area (TPSA) is 170 Å². The molecule has 348 valence electrons. The summed E-state index contributed by atoms with van der Waals surface area (Å²) in [5, 5.41) is 13.0. The largest absolute Gasteiger partial charge is 0.385 e. The van der Waals surface area contributed by atoms with Gasteiger partial charge in [0.15, 0.2) is 17.2 Å². The first-order valence-electron chi connectivity index (χ1n) is 22.8. The van der Waals surface area contributed by atoms with Crippen molar-refractivity contribution in [1.82, 2.24) is 49.1 Å². The summed E-state index contributed by atoms with van der Waals surface area (Å²) in [5.41, 5.74) is 7.84. The van der Waals surface area contributed by atoms with E-state index in [4.69, 9.17) is 10.1 Å². The van der Waals surface area contributed by atoms with Crippen molar-refractivity contribution in [3.8, 4) is 11.3 Å². The van der Waals surface area contributed by atoms with Crippen LogP contribution < -0.4 is 31.4 Å². The molecule has 3 amide bonds. The lowest BCUT2D eigenvalue weighted by atomic mass is 9.97. The number of piperidine rings is 2. The van der Waals surface area contributed by atoms with Crippen LogP contribution in [0.25, 0.3) is 27.9 Å². The molecule has 4 aromatic heterocycles. The smallest absolute Gasteiger partial charge is 0.329 e. The van der Waals surface area contributed by atoms with Crippen LogP contribution in [-0.2, 0) is 29.6 Å². The second kappa shape index (κ2) is 16.5. The molecule has 1 unspecified atom stereocenters. The van der Waals surface area contributed by atoms with Crippen molar-refractivity contribution in [2.45, 2.75) is 68.9 Å². The minimum Gasteiger partial charge on any atom is -0.385 e. The summed E-state index contributed by atoms with van der Waals surface area (Å²) in [4.78, 5) is 67.9. The van der Waals surface area contributed by atoms with Crippen molar-refractivity contribution in [3.05, 3.63) is 94.3 Å². The summed E-state index contributed by atoms with van der Waals surface area (Å²) < 4.78 is 50.1. The van der Waals surface area contributed by atoms with Crippen molar-refractivity contribution in [2.75, 3.05) is 68.0 Å². The normalized spacial score (nSPS) is 23.2. The van der Waals surface area contributed by atoms with E-state index >= 15 is 8.78 Å². The fourth-order valence-corrected chi connectivity index (χ4v) is 10.5. The Labute approximate surface area is 382 Å². The Bertz CT molecular complexity index is 3020. The quantitative estimate of drug-likeness (QED) is 0.169.